The second-order valence-electron chi connectivity index (χ2n) is 7.14. The molecule has 4 rings (SSSR count). The molecule has 1 aromatic heterocycles. The highest BCUT2D eigenvalue weighted by atomic mass is 19.4. The lowest BCUT2D eigenvalue weighted by atomic mass is 10.0. The first-order valence-electron chi connectivity index (χ1n) is 9.13. The number of fused-ring (bicyclic) bond motifs is 1. The van der Waals surface area contributed by atoms with Crippen molar-refractivity contribution in [2.45, 2.75) is 26.6 Å². The maximum absolute atomic E-state index is 13.6. The molecule has 2 nitrogen and oxygen atoms in total. The van der Waals surface area contributed by atoms with E-state index in [4.69, 9.17) is 0 Å². The van der Waals surface area contributed by atoms with Crippen LogP contribution in [0.3, 0.4) is 0 Å². The van der Waals surface area contributed by atoms with Crippen molar-refractivity contribution in [2.24, 2.45) is 0 Å². The number of hydrogen-bond acceptors (Lipinski definition) is 1. The molecule has 4 aromatic rings. The summed E-state index contributed by atoms with van der Waals surface area (Å²) in [6.07, 6.45) is -4.52. The Balaban J connectivity index is 1.96. The lowest BCUT2D eigenvalue weighted by molar-refractivity contribution is -0.136. The van der Waals surface area contributed by atoms with E-state index in [0.717, 1.165) is 22.8 Å². The summed E-state index contributed by atoms with van der Waals surface area (Å²) in [5.74, 6) is -0.408. The van der Waals surface area contributed by atoms with Crippen LogP contribution in [-0.2, 0) is 12.7 Å². The van der Waals surface area contributed by atoms with Crippen LogP contribution in [0.25, 0.3) is 22.2 Å². The Morgan fingerprint density at radius 3 is 2.31 bits per heavy atom. The van der Waals surface area contributed by atoms with Gasteiger partial charge in [0, 0.05) is 10.9 Å². The van der Waals surface area contributed by atoms with E-state index in [1.165, 1.54) is 18.2 Å². The zero-order chi connectivity index (χ0) is 20.8. The highest BCUT2D eigenvalue weighted by molar-refractivity contribution is 5.95. The van der Waals surface area contributed by atoms with Gasteiger partial charge in [0.2, 0.25) is 0 Å². The molecule has 0 saturated heterocycles. The molecular weight excluding hydrogens is 380 g/mol. The van der Waals surface area contributed by atoms with Crippen molar-refractivity contribution in [2.75, 3.05) is 0 Å². The minimum Gasteiger partial charge on any atom is -0.259 e. The fraction of sp³-hybridized carbons (Fsp3) is 0.174. The molecule has 0 aliphatic carbocycles. The Labute approximate surface area is 165 Å². The van der Waals surface area contributed by atoms with E-state index in [-0.39, 0.29) is 5.52 Å². The van der Waals surface area contributed by atoms with E-state index in [9.17, 15) is 17.6 Å². The van der Waals surface area contributed by atoms with Gasteiger partial charge in [0.05, 0.1) is 17.8 Å². The number of hydrogen-bond donors (Lipinski definition) is 0. The average molecular weight is 398 g/mol. The number of aryl methyl sites for hydroxylation is 2. The van der Waals surface area contributed by atoms with Crippen molar-refractivity contribution < 1.29 is 17.6 Å². The van der Waals surface area contributed by atoms with Crippen LogP contribution in [0, 0.1) is 19.7 Å². The van der Waals surface area contributed by atoms with Crippen LogP contribution >= 0.6 is 0 Å². The highest BCUT2D eigenvalue weighted by Crippen LogP contribution is 2.38. The third kappa shape index (κ3) is 3.62. The maximum atomic E-state index is 13.6. The van der Waals surface area contributed by atoms with E-state index in [2.05, 4.69) is 5.10 Å². The Morgan fingerprint density at radius 2 is 1.66 bits per heavy atom. The third-order valence-electron chi connectivity index (χ3n) is 5.01. The van der Waals surface area contributed by atoms with Crippen LogP contribution in [0.1, 0.15) is 22.3 Å². The topological polar surface area (TPSA) is 17.8 Å². The fourth-order valence-corrected chi connectivity index (χ4v) is 3.59. The van der Waals surface area contributed by atoms with Gasteiger partial charge in [0.25, 0.3) is 0 Å². The van der Waals surface area contributed by atoms with E-state index < -0.39 is 17.6 Å². The lowest BCUT2D eigenvalue weighted by Gasteiger charge is -2.11. The van der Waals surface area contributed by atoms with Crippen molar-refractivity contribution in [3.63, 3.8) is 0 Å². The Kier molecular flexibility index (Phi) is 4.65. The summed E-state index contributed by atoms with van der Waals surface area (Å²) in [7, 11) is 0. The molecule has 0 bridgehead atoms. The summed E-state index contributed by atoms with van der Waals surface area (Å²) in [5.41, 5.74) is 3.35. The molecule has 148 valence electrons. The van der Waals surface area contributed by atoms with Gasteiger partial charge in [-0.15, -0.1) is 0 Å². The first kappa shape index (κ1) is 19.2. The monoisotopic (exact) mass is 398 g/mol. The van der Waals surface area contributed by atoms with Crippen LogP contribution < -0.4 is 0 Å². The third-order valence-corrected chi connectivity index (χ3v) is 5.01. The van der Waals surface area contributed by atoms with Gasteiger partial charge in [-0.05, 0) is 55.3 Å². The zero-order valence-electron chi connectivity index (χ0n) is 15.9. The maximum Gasteiger partial charge on any atom is 0.418 e. The van der Waals surface area contributed by atoms with Gasteiger partial charge in [0.15, 0.2) is 0 Å². The molecule has 1 heterocycles. The molecule has 0 aliphatic heterocycles. The van der Waals surface area contributed by atoms with Crippen LogP contribution in [0.4, 0.5) is 17.6 Å². The highest BCUT2D eigenvalue weighted by Gasteiger charge is 2.34. The molecule has 0 aliphatic rings. The molecule has 0 radical (unpaired) electrons. The average Bonchev–Trinajstić information content (AvgIpc) is 3.02. The van der Waals surface area contributed by atoms with Crippen molar-refractivity contribution in [1.82, 2.24) is 9.78 Å². The molecule has 0 N–H and O–H groups in total. The lowest BCUT2D eigenvalue weighted by Crippen LogP contribution is -2.07. The van der Waals surface area contributed by atoms with Crippen molar-refractivity contribution in [3.8, 4) is 11.3 Å². The van der Waals surface area contributed by atoms with Crippen LogP contribution in [0.15, 0.2) is 60.7 Å². The number of benzene rings is 3. The molecule has 29 heavy (non-hydrogen) atoms. The van der Waals surface area contributed by atoms with Crippen molar-refractivity contribution in [1.29, 1.82) is 0 Å². The van der Waals surface area contributed by atoms with Gasteiger partial charge in [-0.2, -0.15) is 18.3 Å². The van der Waals surface area contributed by atoms with Gasteiger partial charge in [-0.25, -0.2) is 4.39 Å². The van der Waals surface area contributed by atoms with E-state index in [1.54, 1.807) is 22.9 Å². The number of alkyl halides is 3. The zero-order valence-corrected chi connectivity index (χ0v) is 15.9. The molecule has 0 saturated carbocycles. The number of halogens is 4. The van der Waals surface area contributed by atoms with Crippen LogP contribution in [-0.4, -0.2) is 9.78 Å². The Bertz CT molecular complexity index is 1190. The Morgan fingerprint density at radius 1 is 0.931 bits per heavy atom. The summed E-state index contributed by atoms with van der Waals surface area (Å²) in [5, 5.41) is 4.72. The predicted molar refractivity (Wildman–Crippen MR) is 105 cm³/mol. The van der Waals surface area contributed by atoms with Gasteiger partial charge in [-0.1, -0.05) is 35.9 Å². The van der Waals surface area contributed by atoms with Gasteiger partial charge in [-0.3, -0.25) is 4.68 Å². The van der Waals surface area contributed by atoms with Gasteiger partial charge < -0.3 is 0 Å². The van der Waals surface area contributed by atoms with Crippen LogP contribution in [0.2, 0.25) is 0 Å². The number of rotatable bonds is 3. The largest absolute Gasteiger partial charge is 0.418 e. The molecule has 0 spiro atoms. The summed E-state index contributed by atoms with van der Waals surface area (Å²) < 4.78 is 55.7. The van der Waals surface area contributed by atoms with Gasteiger partial charge >= 0.3 is 6.18 Å². The summed E-state index contributed by atoms with van der Waals surface area (Å²) in [4.78, 5) is 0. The second-order valence-corrected chi connectivity index (χ2v) is 7.14. The quantitative estimate of drug-likeness (QED) is 0.359. The van der Waals surface area contributed by atoms with Crippen molar-refractivity contribution >= 4 is 10.9 Å². The second kappa shape index (κ2) is 7.03. The van der Waals surface area contributed by atoms with E-state index in [0.29, 0.717) is 23.2 Å². The molecule has 0 atom stereocenters. The first-order valence-corrected chi connectivity index (χ1v) is 9.13. The fourth-order valence-electron chi connectivity index (χ4n) is 3.59. The predicted octanol–water partition coefficient (Wildman–Crippen LogP) is 6.53. The normalized spacial score (nSPS) is 11.9. The minimum absolute atomic E-state index is 0.107. The molecule has 6 heteroatoms. The van der Waals surface area contributed by atoms with Gasteiger partial charge in [0.1, 0.15) is 11.3 Å². The SMILES string of the molecule is Cc1ccc(Cn2nc3c(C(F)(F)F)cccc3c2-c2ccc(F)cc2)c(C)c1. The first-order chi connectivity index (χ1) is 13.7. The molecule has 3 aromatic carbocycles. The van der Waals surface area contributed by atoms with E-state index in [1.807, 2.05) is 32.0 Å². The molecule has 0 fully saturated rings. The smallest absolute Gasteiger partial charge is 0.259 e. The standard InChI is InChI=1S/C23H18F4N2/c1-14-6-7-17(15(2)12-14)13-29-22(16-8-10-18(24)11-9-16)19-4-3-5-20(21(19)28-29)23(25,26)27/h3-12H,13H2,1-2H3. The summed E-state index contributed by atoms with van der Waals surface area (Å²) in [6.45, 7) is 4.26. The van der Waals surface area contributed by atoms with Crippen LogP contribution in [0.5, 0.6) is 0 Å². The number of nitrogens with zero attached hydrogens (tertiary/aromatic N) is 2. The van der Waals surface area contributed by atoms with Crippen molar-refractivity contribution in [3.05, 3.63) is 88.7 Å². The Hall–Kier alpha value is -3.15. The summed E-state index contributed by atoms with van der Waals surface area (Å²) >= 11 is 0. The van der Waals surface area contributed by atoms with E-state index >= 15 is 0 Å². The number of aromatic nitrogens is 2. The molecular formula is C23H18F4N2. The minimum atomic E-state index is -4.52. The molecule has 0 amide bonds. The molecule has 0 unspecified atom stereocenters. The summed E-state index contributed by atoms with van der Waals surface area (Å²) in [6, 6.07) is 15.7.